The molecule has 2 aliphatic rings. The highest BCUT2D eigenvalue weighted by atomic mass is 16.6. The van der Waals surface area contributed by atoms with Gasteiger partial charge in [-0.05, 0) is 42.7 Å². The minimum Gasteiger partial charge on any atom is -0.507 e. The molecular weight excluding hydrogens is 382 g/mol. The molecule has 1 saturated heterocycles. The summed E-state index contributed by atoms with van der Waals surface area (Å²) in [7, 11) is 0. The average Bonchev–Trinajstić information content (AvgIpc) is 2.76. The van der Waals surface area contributed by atoms with Gasteiger partial charge in [-0.1, -0.05) is 13.0 Å². The molecule has 1 unspecified atom stereocenters. The number of fused-ring (bicyclic) bond motifs is 2. The normalized spacial score (nSPS) is 21.0. The Morgan fingerprint density at radius 3 is 2.80 bits per heavy atom. The number of rotatable bonds is 3. The fraction of sp³-hybridized carbons (Fsp3) is 0.375. The molecule has 2 atom stereocenters. The SMILES string of the molecule is C[C@@H]1CCC[NH+](Cc2c(O)ccc3c(=O)c(-c4ccc5c(c4)OCCO5)coc23)C1. The number of piperidine rings is 1. The molecule has 0 aliphatic carbocycles. The second kappa shape index (κ2) is 7.69. The zero-order chi connectivity index (χ0) is 20.7. The molecule has 1 aromatic heterocycles. The number of quaternary nitrogens is 1. The van der Waals surface area contributed by atoms with Crippen LogP contribution in [-0.4, -0.2) is 31.4 Å². The van der Waals surface area contributed by atoms with Gasteiger partial charge in [-0.15, -0.1) is 0 Å². The van der Waals surface area contributed by atoms with Crippen molar-refractivity contribution in [3.05, 3.63) is 52.4 Å². The molecule has 0 saturated carbocycles. The fourth-order valence-corrected chi connectivity index (χ4v) is 4.64. The molecule has 3 aromatic rings. The van der Waals surface area contributed by atoms with E-state index in [1.54, 1.807) is 12.1 Å². The van der Waals surface area contributed by atoms with Crippen LogP contribution in [0.25, 0.3) is 22.1 Å². The molecule has 2 aromatic carbocycles. The first kappa shape index (κ1) is 19.0. The lowest BCUT2D eigenvalue weighted by Gasteiger charge is -2.28. The molecule has 0 radical (unpaired) electrons. The molecule has 5 rings (SSSR count). The zero-order valence-electron chi connectivity index (χ0n) is 17.1. The van der Waals surface area contributed by atoms with Crippen LogP contribution in [0.1, 0.15) is 25.3 Å². The van der Waals surface area contributed by atoms with Gasteiger partial charge in [0.15, 0.2) is 11.5 Å². The Balaban J connectivity index is 1.55. The van der Waals surface area contributed by atoms with Crippen molar-refractivity contribution in [2.45, 2.75) is 26.3 Å². The Bertz CT molecular complexity index is 1150. The van der Waals surface area contributed by atoms with Gasteiger partial charge in [-0.2, -0.15) is 0 Å². The van der Waals surface area contributed by atoms with Gasteiger partial charge in [0.25, 0.3) is 0 Å². The van der Waals surface area contributed by atoms with Crippen LogP contribution in [0.5, 0.6) is 17.2 Å². The van der Waals surface area contributed by atoms with E-state index in [0.29, 0.717) is 59.3 Å². The Morgan fingerprint density at radius 1 is 1.13 bits per heavy atom. The number of nitrogens with one attached hydrogen (secondary N) is 1. The van der Waals surface area contributed by atoms with Gasteiger partial charge in [-0.3, -0.25) is 4.79 Å². The maximum atomic E-state index is 13.3. The van der Waals surface area contributed by atoms with E-state index in [2.05, 4.69) is 6.92 Å². The van der Waals surface area contributed by atoms with E-state index >= 15 is 0 Å². The second-order valence-corrected chi connectivity index (χ2v) is 8.41. The molecule has 3 heterocycles. The maximum Gasteiger partial charge on any atom is 0.200 e. The van der Waals surface area contributed by atoms with Crippen LogP contribution < -0.4 is 19.8 Å². The van der Waals surface area contributed by atoms with Crippen LogP contribution in [-0.2, 0) is 6.54 Å². The molecule has 30 heavy (non-hydrogen) atoms. The van der Waals surface area contributed by atoms with Crippen LogP contribution in [0.2, 0.25) is 0 Å². The van der Waals surface area contributed by atoms with Crippen LogP contribution in [0.4, 0.5) is 0 Å². The Morgan fingerprint density at radius 2 is 1.97 bits per heavy atom. The molecule has 0 spiro atoms. The van der Waals surface area contributed by atoms with Gasteiger partial charge < -0.3 is 23.9 Å². The van der Waals surface area contributed by atoms with Gasteiger partial charge in [0.1, 0.15) is 37.4 Å². The highest BCUT2D eigenvalue weighted by molar-refractivity contribution is 5.85. The highest BCUT2D eigenvalue weighted by Gasteiger charge is 2.24. The second-order valence-electron chi connectivity index (χ2n) is 8.41. The van der Waals surface area contributed by atoms with E-state index < -0.39 is 0 Å². The summed E-state index contributed by atoms with van der Waals surface area (Å²) in [5, 5.41) is 11.0. The summed E-state index contributed by atoms with van der Waals surface area (Å²) < 4.78 is 17.2. The lowest BCUT2D eigenvalue weighted by molar-refractivity contribution is -0.922. The van der Waals surface area contributed by atoms with Crippen molar-refractivity contribution < 1.29 is 23.9 Å². The molecule has 1 fully saturated rings. The molecule has 6 heteroatoms. The van der Waals surface area contributed by atoms with Crippen LogP contribution >= 0.6 is 0 Å². The summed E-state index contributed by atoms with van der Waals surface area (Å²) in [5.74, 6) is 2.16. The van der Waals surface area contributed by atoms with Crippen LogP contribution in [0.3, 0.4) is 0 Å². The minimum absolute atomic E-state index is 0.115. The first-order valence-corrected chi connectivity index (χ1v) is 10.6. The molecule has 0 amide bonds. The number of phenolic OH excluding ortho intramolecular Hbond substituents is 1. The van der Waals surface area contributed by atoms with Crippen molar-refractivity contribution >= 4 is 11.0 Å². The van der Waals surface area contributed by atoms with Crippen LogP contribution in [0.15, 0.2) is 45.8 Å². The Kier molecular flexibility index (Phi) is 4.87. The predicted octanol–water partition coefficient (Wildman–Crippen LogP) is 2.75. The standard InChI is InChI=1S/C24H25NO5/c1-15-3-2-8-25(12-15)13-18-20(26)6-5-17-23(27)19(14-30-24(17)18)16-4-7-21-22(11-16)29-10-9-28-21/h4-7,11,14-15,26H,2-3,8-10,12-13H2,1H3/p+1/t15-/m1/s1. The molecular formula is C24H26NO5+. The Labute approximate surface area is 174 Å². The van der Waals surface area contributed by atoms with Crippen molar-refractivity contribution in [1.82, 2.24) is 0 Å². The largest absolute Gasteiger partial charge is 0.507 e. The van der Waals surface area contributed by atoms with Gasteiger partial charge >= 0.3 is 0 Å². The third kappa shape index (κ3) is 3.41. The fourth-order valence-electron chi connectivity index (χ4n) is 4.64. The van der Waals surface area contributed by atoms with E-state index in [-0.39, 0.29) is 11.2 Å². The van der Waals surface area contributed by atoms with E-state index in [9.17, 15) is 9.90 Å². The van der Waals surface area contributed by atoms with Crippen molar-refractivity contribution in [3.8, 4) is 28.4 Å². The highest BCUT2D eigenvalue weighted by Crippen LogP contribution is 2.34. The summed E-state index contributed by atoms with van der Waals surface area (Å²) in [6.45, 7) is 6.06. The molecule has 156 valence electrons. The number of likely N-dealkylation sites (tertiary alicyclic amines) is 1. The van der Waals surface area contributed by atoms with Gasteiger partial charge in [0.2, 0.25) is 5.43 Å². The predicted molar refractivity (Wildman–Crippen MR) is 113 cm³/mol. The first-order valence-electron chi connectivity index (χ1n) is 10.6. The molecule has 0 bridgehead atoms. The first-order chi connectivity index (χ1) is 14.6. The monoisotopic (exact) mass is 408 g/mol. The lowest BCUT2D eigenvalue weighted by Crippen LogP contribution is -3.12. The van der Waals surface area contributed by atoms with Gasteiger partial charge in [0, 0.05) is 5.92 Å². The third-order valence-electron chi connectivity index (χ3n) is 6.16. The van der Waals surface area contributed by atoms with Crippen molar-refractivity contribution in [2.75, 3.05) is 26.3 Å². The van der Waals surface area contributed by atoms with E-state index in [1.807, 2.05) is 18.2 Å². The van der Waals surface area contributed by atoms with Crippen molar-refractivity contribution in [3.63, 3.8) is 0 Å². The zero-order valence-corrected chi connectivity index (χ0v) is 17.1. The third-order valence-corrected chi connectivity index (χ3v) is 6.16. The number of benzene rings is 2. The van der Waals surface area contributed by atoms with E-state index in [1.165, 1.54) is 24.0 Å². The van der Waals surface area contributed by atoms with E-state index in [0.717, 1.165) is 18.7 Å². The van der Waals surface area contributed by atoms with Crippen molar-refractivity contribution in [1.29, 1.82) is 0 Å². The quantitative estimate of drug-likeness (QED) is 0.697. The maximum absolute atomic E-state index is 13.3. The Hall–Kier alpha value is -2.99. The number of ether oxygens (including phenoxy) is 2. The average molecular weight is 408 g/mol. The summed E-state index contributed by atoms with van der Waals surface area (Å²) >= 11 is 0. The smallest absolute Gasteiger partial charge is 0.200 e. The number of hydrogen-bond donors (Lipinski definition) is 2. The van der Waals surface area contributed by atoms with E-state index in [4.69, 9.17) is 13.9 Å². The van der Waals surface area contributed by atoms with Crippen LogP contribution in [0, 0.1) is 5.92 Å². The topological polar surface area (TPSA) is 73.3 Å². The number of hydrogen-bond acceptors (Lipinski definition) is 5. The molecule has 2 N–H and O–H groups in total. The number of phenols is 1. The summed E-state index contributed by atoms with van der Waals surface area (Å²) in [6.07, 6.45) is 3.92. The minimum atomic E-state index is -0.115. The van der Waals surface area contributed by atoms with Gasteiger partial charge in [0.05, 0.1) is 29.6 Å². The summed E-state index contributed by atoms with van der Waals surface area (Å²) in [6, 6.07) is 8.72. The lowest BCUT2D eigenvalue weighted by atomic mass is 9.99. The summed E-state index contributed by atoms with van der Waals surface area (Å²) in [5.41, 5.74) is 2.26. The summed E-state index contributed by atoms with van der Waals surface area (Å²) in [4.78, 5) is 14.7. The molecule has 2 aliphatic heterocycles. The van der Waals surface area contributed by atoms with Crippen molar-refractivity contribution in [2.24, 2.45) is 5.92 Å². The number of aromatic hydroxyl groups is 1. The molecule has 6 nitrogen and oxygen atoms in total. The van der Waals surface area contributed by atoms with Gasteiger partial charge in [-0.25, -0.2) is 0 Å².